The number of aromatic nitrogens is 1. The first-order valence-corrected chi connectivity index (χ1v) is 9.57. The van der Waals surface area contributed by atoms with Crippen LogP contribution in [0.4, 0.5) is 0 Å². The Morgan fingerprint density at radius 2 is 1.96 bits per heavy atom. The maximum atomic E-state index is 12.7. The number of para-hydroxylation sites is 1. The summed E-state index contributed by atoms with van der Waals surface area (Å²) in [4.78, 5) is 17.3. The number of rotatable bonds is 6. The van der Waals surface area contributed by atoms with Gasteiger partial charge in [-0.05, 0) is 54.2 Å². The number of carbonyl (C=O) groups is 1. The molecule has 1 unspecified atom stereocenters. The summed E-state index contributed by atoms with van der Waals surface area (Å²) < 4.78 is 5.16. The molecule has 1 aliphatic rings. The van der Waals surface area contributed by atoms with Crippen molar-refractivity contribution < 1.29 is 14.6 Å². The minimum atomic E-state index is -0.278. The van der Waals surface area contributed by atoms with Crippen molar-refractivity contribution in [2.45, 2.75) is 31.4 Å². The zero-order chi connectivity index (χ0) is 19.5. The van der Waals surface area contributed by atoms with Crippen LogP contribution in [0.5, 0.6) is 5.75 Å². The van der Waals surface area contributed by atoms with E-state index < -0.39 is 0 Å². The van der Waals surface area contributed by atoms with Gasteiger partial charge in [0.25, 0.3) is 0 Å². The lowest BCUT2D eigenvalue weighted by Gasteiger charge is -2.38. The van der Waals surface area contributed by atoms with Gasteiger partial charge in [0.2, 0.25) is 5.91 Å². The molecule has 28 heavy (non-hydrogen) atoms. The van der Waals surface area contributed by atoms with E-state index in [0.717, 1.165) is 27.8 Å². The van der Waals surface area contributed by atoms with Gasteiger partial charge in [-0.3, -0.25) is 9.78 Å². The molecule has 1 aliphatic carbocycles. The van der Waals surface area contributed by atoms with Crippen LogP contribution in [-0.4, -0.2) is 29.2 Å². The van der Waals surface area contributed by atoms with E-state index in [-0.39, 0.29) is 24.0 Å². The number of aliphatic hydroxyl groups excluding tert-OH is 1. The summed E-state index contributed by atoms with van der Waals surface area (Å²) in [5.74, 6) is 0.954. The van der Waals surface area contributed by atoms with Crippen molar-refractivity contribution in [3.8, 4) is 5.75 Å². The number of benzene rings is 2. The van der Waals surface area contributed by atoms with Gasteiger partial charge in [-0.2, -0.15) is 0 Å². The van der Waals surface area contributed by atoms with Gasteiger partial charge in [-0.1, -0.05) is 30.3 Å². The number of hydrogen-bond donors (Lipinski definition) is 2. The fraction of sp³-hybridized carbons (Fsp3) is 0.304. The molecule has 0 spiro atoms. The highest BCUT2D eigenvalue weighted by Crippen LogP contribution is 2.38. The molecule has 4 rings (SSSR count). The predicted octanol–water partition coefficient (Wildman–Crippen LogP) is 3.41. The first-order valence-electron chi connectivity index (χ1n) is 9.57. The lowest BCUT2D eigenvalue weighted by Crippen LogP contribution is -2.41. The molecule has 0 radical (unpaired) electrons. The van der Waals surface area contributed by atoms with Crippen LogP contribution in [0, 0.1) is 5.92 Å². The van der Waals surface area contributed by atoms with E-state index in [1.165, 1.54) is 0 Å². The van der Waals surface area contributed by atoms with Crippen LogP contribution in [0.15, 0.2) is 60.8 Å². The summed E-state index contributed by atoms with van der Waals surface area (Å²) in [6.07, 6.45) is 3.25. The highest BCUT2D eigenvalue weighted by atomic mass is 16.5. The fourth-order valence-electron chi connectivity index (χ4n) is 3.79. The number of fused-ring (bicyclic) bond motifs is 1. The number of ether oxygens (including phenoxy) is 1. The minimum absolute atomic E-state index is 0.0373. The fourth-order valence-corrected chi connectivity index (χ4v) is 3.79. The summed E-state index contributed by atoms with van der Waals surface area (Å²) in [6, 6.07) is 17.4. The average Bonchev–Trinajstić information content (AvgIpc) is 2.70. The lowest BCUT2D eigenvalue weighted by atomic mass is 9.75. The van der Waals surface area contributed by atoms with Gasteiger partial charge >= 0.3 is 0 Å². The zero-order valence-electron chi connectivity index (χ0n) is 15.8. The van der Waals surface area contributed by atoms with Gasteiger partial charge in [0.1, 0.15) is 5.75 Å². The number of aliphatic hydroxyl groups is 1. The Balaban J connectivity index is 1.52. The van der Waals surface area contributed by atoms with Crippen molar-refractivity contribution in [1.29, 1.82) is 0 Å². The van der Waals surface area contributed by atoms with Crippen LogP contribution >= 0.6 is 0 Å². The number of nitrogens with zero attached hydrogens (tertiary/aromatic N) is 1. The largest absolute Gasteiger partial charge is 0.497 e. The van der Waals surface area contributed by atoms with E-state index >= 15 is 0 Å². The number of carbonyl (C=O) groups excluding carboxylic acids is 1. The van der Waals surface area contributed by atoms with E-state index in [4.69, 9.17) is 4.74 Å². The lowest BCUT2D eigenvalue weighted by molar-refractivity contribution is -0.122. The van der Waals surface area contributed by atoms with Gasteiger partial charge < -0.3 is 15.2 Å². The van der Waals surface area contributed by atoms with Crippen LogP contribution in [-0.2, 0) is 11.2 Å². The molecule has 2 N–H and O–H groups in total. The summed E-state index contributed by atoms with van der Waals surface area (Å²) in [5, 5.41) is 14.0. The Morgan fingerprint density at radius 1 is 1.21 bits per heavy atom. The number of amides is 1. The second-order valence-corrected chi connectivity index (χ2v) is 7.42. The number of methoxy groups -OCH3 is 1. The van der Waals surface area contributed by atoms with E-state index in [2.05, 4.69) is 16.4 Å². The quantitative estimate of drug-likeness (QED) is 0.692. The molecule has 1 aromatic heterocycles. The smallest absolute Gasteiger partial charge is 0.224 e. The molecule has 1 fully saturated rings. The molecule has 2 aromatic carbocycles. The number of pyridine rings is 1. The van der Waals surface area contributed by atoms with Crippen molar-refractivity contribution >= 4 is 16.8 Å². The highest BCUT2D eigenvalue weighted by Gasteiger charge is 2.35. The zero-order valence-corrected chi connectivity index (χ0v) is 15.8. The number of nitrogens with one attached hydrogen (secondary N) is 1. The normalized spacial score (nSPS) is 19.6. The molecule has 5 heteroatoms. The Morgan fingerprint density at radius 3 is 2.68 bits per heavy atom. The van der Waals surface area contributed by atoms with Crippen LogP contribution in [0.2, 0.25) is 0 Å². The Bertz CT molecular complexity index is 965. The Kier molecular flexibility index (Phi) is 5.26. The van der Waals surface area contributed by atoms with Gasteiger partial charge in [0.15, 0.2) is 0 Å². The van der Waals surface area contributed by atoms with E-state index in [1.807, 2.05) is 54.7 Å². The molecule has 1 heterocycles. The van der Waals surface area contributed by atoms with Crippen LogP contribution in [0.1, 0.15) is 30.0 Å². The Labute approximate surface area is 164 Å². The van der Waals surface area contributed by atoms with E-state index in [9.17, 15) is 9.90 Å². The Hall–Kier alpha value is -2.92. The molecule has 0 saturated heterocycles. The monoisotopic (exact) mass is 376 g/mol. The molecule has 3 aromatic rings. The molecular formula is C23H24N2O3. The predicted molar refractivity (Wildman–Crippen MR) is 108 cm³/mol. The van der Waals surface area contributed by atoms with E-state index in [1.54, 1.807) is 7.11 Å². The SMILES string of the molecule is COc1ccc(CC(=O)NC(c2cnc3ccccc3c2)C2CC(O)C2)cc1. The third kappa shape index (κ3) is 3.99. The maximum Gasteiger partial charge on any atom is 0.224 e. The molecule has 0 bridgehead atoms. The molecule has 1 saturated carbocycles. The standard InChI is InChI=1S/C23H24N2O3/c1-28-20-8-6-15(7-9-20)10-22(27)25-23(17-12-19(26)13-17)18-11-16-4-2-3-5-21(16)24-14-18/h2-9,11,14,17,19,23,26H,10,12-13H2,1H3,(H,25,27). The van der Waals surface area contributed by atoms with Crippen molar-refractivity contribution in [2.24, 2.45) is 5.92 Å². The highest BCUT2D eigenvalue weighted by molar-refractivity contribution is 5.81. The van der Waals surface area contributed by atoms with E-state index in [0.29, 0.717) is 19.3 Å². The van der Waals surface area contributed by atoms with Crippen molar-refractivity contribution in [3.05, 3.63) is 71.9 Å². The second-order valence-electron chi connectivity index (χ2n) is 7.42. The summed E-state index contributed by atoms with van der Waals surface area (Å²) in [5.41, 5.74) is 2.85. The van der Waals surface area contributed by atoms with Gasteiger partial charge in [0.05, 0.1) is 31.2 Å². The number of hydrogen-bond acceptors (Lipinski definition) is 4. The average molecular weight is 376 g/mol. The molecule has 144 valence electrons. The first-order chi connectivity index (χ1) is 13.6. The maximum absolute atomic E-state index is 12.7. The molecule has 1 atom stereocenters. The van der Waals surface area contributed by atoms with Gasteiger partial charge in [-0.25, -0.2) is 0 Å². The van der Waals surface area contributed by atoms with Crippen LogP contribution in [0.3, 0.4) is 0 Å². The molecule has 5 nitrogen and oxygen atoms in total. The second kappa shape index (κ2) is 7.98. The molecule has 1 amide bonds. The van der Waals surface area contributed by atoms with Gasteiger partial charge in [-0.15, -0.1) is 0 Å². The van der Waals surface area contributed by atoms with Crippen molar-refractivity contribution in [3.63, 3.8) is 0 Å². The minimum Gasteiger partial charge on any atom is -0.497 e. The molecule has 0 aliphatic heterocycles. The van der Waals surface area contributed by atoms with Crippen LogP contribution < -0.4 is 10.1 Å². The summed E-state index contributed by atoms with van der Waals surface area (Å²) in [7, 11) is 1.62. The summed E-state index contributed by atoms with van der Waals surface area (Å²) in [6.45, 7) is 0. The van der Waals surface area contributed by atoms with Crippen LogP contribution in [0.25, 0.3) is 10.9 Å². The van der Waals surface area contributed by atoms with Crippen molar-refractivity contribution in [1.82, 2.24) is 10.3 Å². The van der Waals surface area contributed by atoms with Gasteiger partial charge in [0, 0.05) is 11.6 Å². The summed E-state index contributed by atoms with van der Waals surface area (Å²) >= 11 is 0. The third-order valence-electron chi connectivity index (χ3n) is 5.43. The first kappa shape index (κ1) is 18.4. The van der Waals surface area contributed by atoms with Crippen molar-refractivity contribution in [2.75, 3.05) is 7.11 Å². The molecular weight excluding hydrogens is 352 g/mol. The third-order valence-corrected chi connectivity index (χ3v) is 5.43. The topological polar surface area (TPSA) is 71.5 Å².